The van der Waals surface area contributed by atoms with Crippen LogP contribution in [0.1, 0.15) is 51.1 Å². The summed E-state index contributed by atoms with van der Waals surface area (Å²) in [5.74, 6) is 1.42. The summed E-state index contributed by atoms with van der Waals surface area (Å²) in [6, 6.07) is 0.262. The lowest BCUT2D eigenvalue weighted by molar-refractivity contribution is -0.135. The Labute approximate surface area is 195 Å². The molecule has 1 aromatic heterocycles. The molecule has 29 heavy (non-hydrogen) atoms. The van der Waals surface area contributed by atoms with Crippen LogP contribution in [0.15, 0.2) is 10.4 Å². The van der Waals surface area contributed by atoms with Gasteiger partial charge in [-0.2, -0.15) is 0 Å². The molecule has 1 unspecified atom stereocenters. The number of carbonyl (C=O) groups excluding carboxylic acids is 1. The average Bonchev–Trinajstić information content (AvgIpc) is 3.36. The molecule has 2 heterocycles. The maximum atomic E-state index is 12.8. The summed E-state index contributed by atoms with van der Waals surface area (Å²) in [7, 11) is 4.00. The van der Waals surface area contributed by atoms with Gasteiger partial charge in [-0.25, -0.2) is 9.98 Å². The van der Waals surface area contributed by atoms with E-state index in [1.807, 2.05) is 19.0 Å². The van der Waals surface area contributed by atoms with Crippen LogP contribution in [0.2, 0.25) is 0 Å². The van der Waals surface area contributed by atoms with Gasteiger partial charge in [0.25, 0.3) is 0 Å². The van der Waals surface area contributed by atoms with E-state index in [1.165, 1.54) is 19.3 Å². The van der Waals surface area contributed by atoms with Crippen LogP contribution >= 0.6 is 35.3 Å². The van der Waals surface area contributed by atoms with E-state index in [0.717, 1.165) is 55.7 Å². The highest BCUT2D eigenvalue weighted by Crippen LogP contribution is 2.26. The molecule has 1 aliphatic heterocycles. The van der Waals surface area contributed by atoms with Crippen molar-refractivity contribution in [1.82, 2.24) is 20.5 Å². The molecule has 1 amide bonds. The van der Waals surface area contributed by atoms with E-state index in [1.54, 1.807) is 11.3 Å². The van der Waals surface area contributed by atoms with Crippen molar-refractivity contribution in [2.75, 3.05) is 38.6 Å². The van der Waals surface area contributed by atoms with Crippen LogP contribution in [0.4, 0.5) is 5.13 Å². The molecular formula is C20H35IN6OS. The fraction of sp³-hybridized carbons (Fsp3) is 0.750. The number of carbonyl (C=O) groups is 1. The largest absolute Gasteiger partial charge is 0.357 e. The summed E-state index contributed by atoms with van der Waals surface area (Å²) >= 11 is 1.63. The number of nitrogens with zero attached hydrogens (tertiary/aromatic N) is 4. The summed E-state index contributed by atoms with van der Waals surface area (Å²) in [6.07, 6.45) is 6.81. The van der Waals surface area contributed by atoms with E-state index in [4.69, 9.17) is 4.99 Å². The van der Waals surface area contributed by atoms with Gasteiger partial charge in [0.1, 0.15) is 0 Å². The number of aromatic nitrogens is 1. The Kier molecular flexibility index (Phi) is 9.94. The molecule has 7 nitrogen and oxygen atoms in total. The van der Waals surface area contributed by atoms with E-state index in [-0.39, 0.29) is 35.9 Å². The Bertz CT molecular complexity index is 674. The molecule has 0 spiro atoms. The second-order valence-corrected chi connectivity index (χ2v) is 8.80. The lowest BCUT2D eigenvalue weighted by Gasteiger charge is -2.26. The Morgan fingerprint density at radius 1 is 1.31 bits per heavy atom. The predicted octanol–water partition coefficient (Wildman–Crippen LogP) is 3.06. The summed E-state index contributed by atoms with van der Waals surface area (Å²) in [4.78, 5) is 26.1. The van der Waals surface area contributed by atoms with Crippen molar-refractivity contribution in [2.45, 2.75) is 58.0 Å². The second kappa shape index (κ2) is 11.9. The van der Waals surface area contributed by atoms with Gasteiger partial charge in [-0.1, -0.05) is 19.3 Å². The lowest BCUT2D eigenvalue weighted by Crippen LogP contribution is -2.45. The van der Waals surface area contributed by atoms with Crippen LogP contribution in [0.3, 0.4) is 0 Å². The second-order valence-electron chi connectivity index (χ2n) is 7.96. The van der Waals surface area contributed by atoms with Crippen LogP contribution in [-0.4, -0.2) is 61.5 Å². The Morgan fingerprint density at radius 2 is 2.07 bits per heavy atom. The Balaban J connectivity index is 0.00000300. The minimum atomic E-state index is 0. The zero-order valence-corrected chi connectivity index (χ0v) is 21.0. The number of anilines is 1. The normalized spacial score (nSPS) is 20.3. The smallest absolute Gasteiger partial charge is 0.225 e. The third-order valence-electron chi connectivity index (χ3n) is 5.46. The number of amides is 1. The zero-order chi connectivity index (χ0) is 19.9. The average molecular weight is 535 g/mol. The Morgan fingerprint density at radius 3 is 2.72 bits per heavy atom. The number of rotatable bonds is 6. The molecule has 0 aromatic carbocycles. The molecular weight excluding hydrogens is 499 g/mol. The van der Waals surface area contributed by atoms with E-state index in [2.05, 4.69) is 32.8 Å². The summed E-state index contributed by atoms with van der Waals surface area (Å²) in [5, 5.41) is 9.89. The number of nitrogens with one attached hydrogen (secondary N) is 2. The number of guanidine groups is 1. The third kappa shape index (κ3) is 6.97. The molecule has 1 saturated carbocycles. The van der Waals surface area contributed by atoms with Gasteiger partial charge in [0, 0.05) is 51.1 Å². The van der Waals surface area contributed by atoms with Crippen molar-refractivity contribution in [3.63, 3.8) is 0 Å². The van der Waals surface area contributed by atoms with Crippen LogP contribution in [0.25, 0.3) is 0 Å². The van der Waals surface area contributed by atoms with Gasteiger partial charge >= 0.3 is 0 Å². The van der Waals surface area contributed by atoms with Crippen LogP contribution in [0, 0.1) is 5.92 Å². The highest BCUT2D eigenvalue weighted by atomic mass is 127. The van der Waals surface area contributed by atoms with Crippen molar-refractivity contribution in [3.8, 4) is 0 Å². The number of hydrogen-bond donors (Lipinski definition) is 2. The number of likely N-dealkylation sites (tertiary alicyclic amines) is 1. The first-order chi connectivity index (χ1) is 13.6. The van der Waals surface area contributed by atoms with E-state index in [9.17, 15) is 4.79 Å². The summed E-state index contributed by atoms with van der Waals surface area (Å²) < 4.78 is 0. The van der Waals surface area contributed by atoms with Gasteiger partial charge in [-0.05, 0) is 26.2 Å². The van der Waals surface area contributed by atoms with E-state index >= 15 is 0 Å². The first kappa shape index (κ1) is 24.2. The monoisotopic (exact) mass is 534 g/mol. The van der Waals surface area contributed by atoms with Crippen molar-refractivity contribution < 1.29 is 4.79 Å². The first-order valence-electron chi connectivity index (χ1n) is 10.5. The zero-order valence-electron chi connectivity index (χ0n) is 17.8. The molecule has 2 N–H and O–H groups in total. The predicted molar refractivity (Wildman–Crippen MR) is 131 cm³/mol. The van der Waals surface area contributed by atoms with Gasteiger partial charge in [0.15, 0.2) is 11.1 Å². The third-order valence-corrected chi connectivity index (χ3v) is 6.52. The molecule has 1 aromatic rings. The molecule has 0 radical (unpaired) electrons. The van der Waals surface area contributed by atoms with E-state index < -0.39 is 0 Å². The van der Waals surface area contributed by atoms with Gasteiger partial charge < -0.3 is 20.4 Å². The van der Waals surface area contributed by atoms with E-state index in [0.29, 0.717) is 12.5 Å². The molecule has 164 valence electrons. The number of halogens is 1. The molecule has 3 rings (SSSR count). The quantitative estimate of drug-likeness (QED) is 0.334. The molecule has 2 aliphatic rings. The van der Waals surface area contributed by atoms with Gasteiger partial charge in [0.2, 0.25) is 5.91 Å². The fourth-order valence-electron chi connectivity index (χ4n) is 3.93. The highest BCUT2D eigenvalue weighted by Gasteiger charge is 2.31. The number of aliphatic imine (C=N–C) groups is 1. The van der Waals surface area contributed by atoms with Gasteiger partial charge in [-0.15, -0.1) is 35.3 Å². The standard InChI is InChI=1S/C20H34N6OS.HI/c1-4-21-19(22-12-17-14-28-20(24-17)25(2)3)23-16-10-11-26(13-16)18(27)15-8-6-5-7-9-15;/h14-16H,4-13H2,1-3H3,(H2,21,22,23);1H. The SMILES string of the molecule is CCNC(=NCc1csc(N(C)C)n1)NC1CCN(C(=O)C2CCCCC2)C1.I. The maximum absolute atomic E-state index is 12.8. The van der Waals surface area contributed by atoms with Crippen LogP contribution in [-0.2, 0) is 11.3 Å². The molecule has 1 aliphatic carbocycles. The molecule has 1 atom stereocenters. The topological polar surface area (TPSA) is 72.9 Å². The van der Waals surface area contributed by atoms with Crippen molar-refractivity contribution in [2.24, 2.45) is 10.9 Å². The van der Waals surface area contributed by atoms with Crippen molar-refractivity contribution >= 4 is 52.3 Å². The van der Waals surface area contributed by atoms with Crippen LogP contribution in [0.5, 0.6) is 0 Å². The lowest BCUT2D eigenvalue weighted by atomic mass is 9.88. The molecule has 1 saturated heterocycles. The minimum Gasteiger partial charge on any atom is -0.357 e. The Hall–Kier alpha value is -1.10. The van der Waals surface area contributed by atoms with Crippen LogP contribution < -0.4 is 15.5 Å². The summed E-state index contributed by atoms with van der Waals surface area (Å²) in [5.41, 5.74) is 0.978. The first-order valence-corrected chi connectivity index (χ1v) is 11.4. The minimum absolute atomic E-state index is 0. The highest BCUT2D eigenvalue weighted by molar-refractivity contribution is 14.0. The number of hydrogen-bond acceptors (Lipinski definition) is 5. The number of thiazole rings is 1. The molecule has 9 heteroatoms. The van der Waals surface area contributed by atoms with Gasteiger partial charge in [-0.3, -0.25) is 4.79 Å². The molecule has 2 fully saturated rings. The van der Waals surface area contributed by atoms with Crippen molar-refractivity contribution in [1.29, 1.82) is 0 Å². The fourth-order valence-corrected chi connectivity index (χ4v) is 4.68. The van der Waals surface area contributed by atoms with Crippen molar-refractivity contribution in [3.05, 3.63) is 11.1 Å². The molecule has 0 bridgehead atoms. The summed E-state index contributed by atoms with van der Waals surface area (Å²) in [6.45, 7) is 5.06. The van der Waals surface area contributed by atoms with Gasteiger partial charge in [0.05, 0.1) is 12.2 Å². The maximum Gasteiger partial charge on any atom is 0.225 e.